The predicted molar refractivity (Wildman–Crippen MR) is 82.2 cm³/mol. The van der Waals surface area contributed by atoms with Crippen molar-refractivity contribution in [3.8, 4) is 5.75 Å². The van der Waals surface area contributed by atoms with Crippen molar-refractivity contribution in [2.75, 3.05) is 19.6 Å². The average molecular weight is 274 g/mol. The second-order valence-corrected chi connectivity index (χ2v) is 6.30. The summed E-state index contributed by atoms with van der Waals surface area (Å²) in [6, 6.07) is 7.28. The molecule has 0 unspecified atom stereocenters. The van der Waals surface area contributed by atoms with Crippen LogP contribution in [-0.2, 0) is 13.0 Å². The van der Waals surface area contributed by atoms with Crippen molar-refractivity contribution in [2.45, 2.75) is 51.8 Å². The van der Waals surface area contributed by atoms with E-state index in [1.54, 1.807) is 0 Å². The van der Waals surface area contributed by atoms with Gasteiger partial charge in [0.25, 0.3) is 0 Å². The highest BCUT2D eigenvalue weighted by molar-refractivity contribution is 5.37. The maximum Gasteiger partial charge on any atom is 0.120 e. The van der Waals surface area contributed by atoms with Gasteiger partial charge in [-0.25, -0.2) is 0 Å². The van der Waals surface area contributed by atoms with Crippen LogP contribution in [0.2, 0.25) is 0 Å². The van der Waals surface area contributed by atoms with E-state index in [-0.39, 0.29) is 0 Å². The number of ether oxygens (including phenoxy) is 1. The third kappa shape index (κ3) is 3.15. The number of likely N-dealkylation sites (tertiary alicyclic amines) is 1. The Kier molecular flexibility index (Phi) is 4.27. The van der Waals surface area contributed by atoms with Gasteiger partial charge in [-0.1, -0.05) is 6.07 Å². The van der Waals surface area contributed by atoms with Crippen molar-refractivity contribution in [3.05, 3.63) is 29.3 Å². The largest absolute Gasteiger partial charge is 0.490 e. The van der Waals surface area contributed by atoms with Crippen LogP contribution in [-0.4, -0.2) is 36.7 Å². The highest BCUT2D eigenvalue weighted by Gasteiger charge is 2.22. The maximum atomic E-state index is 6.20. The smallest absolute Gasteiger partial charge is 0.120 e. The Morgan fingerprint density at radius 2 is 2.00 bits per heavy atom. The molecule has 0 aliphatic carbocycles. The Morgan fingerprint density at radius 3 is 2.75 bits per heavy atom. The van der Waals surface area contributed by atoms with Crippen LogP contribution in [0.5, 0.6) is 5.75 Å². The zero-order valence-corrected chi connectivity index (χ0v) is 12.7. The molecule has 2 heterocycles. The summed E-state index contributed by atoms with van der Waals surface area (Å²) < 4.78 is 6.20. The van der Waals surface area contributed by atoms with Gasteiger partial charge >= 0.3 is 0 Å². The maximum absolute atomic E-state index is 6.20. The van der Waals surface area contributed by atoms with E-state index in [0.717, 1.165) is 51.2 Å². The van der Waals surface area contributed by atoms with Crippen LogP contribution < -0.4 is 10.1 Å². The predicted octanol–water partition coefficient (Wildman–Crippen LogP) is 2.58. The number of hydrogen-bond donors (Lipinski definition) is 1. The van der Waals surface area contributed by atoms with Crippen LogP contribution in [0.15, 0.2) is 18.2 Å². The first-order chi connectivity index (χ1) is 9.72. The molecule has 2 aliphatic rings. The molecule has 0 spiro atoms. The van der Waals surface area contributed by atoms with Gasteiger partial charge in [0, 0.05) is 25.7 Å². The molecule has 3 rings (SSSR count). The van der Waals surface area contributed by atoms with E-state index < -0.39 is 0 Å². The van der Waals surface area contributed by atoms with Crippen molar-refractivity contribution < 1.29 is 4.74 Å². The van der Waals surface area contributed by atoms with Gasteiger partial charge in [-0.15, -0.1) is 0 Å². The minimum atomic E-state index is 0.393. The normalized spacial score (nSPS) is 20.9. The number of nitrogens with one attached hydrogen (secondary N) is 1. The number of benzene rings is 1. The van der Waals surface area contributed by atoms with E-state index in [1.807, 2.05) is 0 Å². The molecule has 1 aromatic rings. The molecule has 0 saturated carbocycles. The summed E-state index contributed by atoms with van der Waals surface area (Å²) >= 11 is 0. The van der Waals surface area contributed by atoms with Gasteiger partial charge in [-0.3, -0.25) is 0 Å². The first-order valence-corrected chi connectivity index (χ1v) is 7.95. The molecule has 1 N–H and O–H groups in total. The second-order valence-electron chi connectivity index (χ2n) is 6.30. The summed E-state index contributed by atoms with van der Waals surface area (Å²) in [6.07, 6.45) is 3.82. The lowest BCUT2D eigenvalue weighted by Crippen LogP contribution is -2.41. The van der Waals surface area contributed by atoms with Gasteiger partial charge in [-0.2, -0.15) is 0 Å². The fraction of sp³-hybridized carbons (Fsp3) is 0.647. The van der Waals surface area contributed by atoms with Crippen LogP contribution in [0, 0.1) is 0 Å². The van der Waals surface area contributed by atoms with Gasteiger partial charge in [0.1, 0.15) is 11.9 Å². The van der Waals surface area contributed by atoms with Crippen molar-refractivity contribution >= 4 is 0 Å². The second kappa shape index (κ2) is 6.15. The summed E-state index contributed by atoms with van der Waals surface area (Å²) in [5.74, 6) is 1.06. The highest BCUT2D eigenvalue weighted by Crippen LogP contribution is 2.24. The molecule has 0 atom stereocenters. The molecule has 3 heteroatoms. The first kappa shape index (κ1) is 13.9. The Balaban J connectivity index is 1.59. The van der Waals surface area contributed by atoms with Gasteiger partial charge in [0.2, 0.25) is 0 Å². The molecule has 3 nitrogen and oxygen atoms in total. The third-order valence-electron chi connectivity index (χ3n) is 4.57. The van der Waals surface area contributed by atoms with Gasteiger partial charge in [0.05, 0.1) is 0 Å². The minimum Gasteiger partial charge on any atom is -0.490 e. The standard InChI is InChI=1S/C17H26N2O/c1-13(2)19-9-6-16(7-10-19)20-17-4-3-15-12-18-8-5-14(15)11-17/h3-4,11,13,16,18H,5-10,12H2,1-2H3. The van der Waals surface area contributed by atoms with Crippen molar-refractivity contribution in [2.24, 2.45) is 0 Å². The summed E-state index contributed by atoms with van der Waals surface area (Å²) in [4.78, 5) is 2.54. The van der Waals surface area contributed by atoms with E-state index in [1.165, 1.54) is 11.1 Å². The van der Waals surface area contributed by atoms with Crippen LogP contribution in [0.3, 0.4) is 0 Å². The monoisotopic (exact) mass is 274 g/mol. The molecule has 110 valence electrons. The van der Waals surface area contributed by atoms with Gasteiger partial charge in [0.15, 0.2) is 0 Å². The summed E-state index contributed by atoms with van der Waals surface area (Å²) in [7, 11) is 0. The molecular formula is C17H26N2O. The summed E-state index contributed by atoms with van der Waals surface area (Å²) in [6.45, 7) is 8.97. The summed E-state index contributed by atoms with van der Waals surface area (Å²) in [5.41, 5.74) is 2.89. The zero-order chi connectivity index (χ0) is 13.9. The summed E-state index contributed by atoms with van der Waals surface area (Å²) in [5, 5.41) is 3.41. The van der Waals surface area contributed by atoms with Crippen LogP contribution in [0.1, 0.15) is 37.8 Å². The Labute approximate surface area is 122 Å². The minimum absolute atomic E-state index is 0.393. The fourth-order valence-electron chi connectivity index (χ4n) is 3.23. The van der Waals surface area contributed by atoms with Gasteiger partial charge < -0.3 is 15.0 Å². The molecule has 1 aromatic carbocycles. The van der Waals surface area contributed by atoms with Crippen molar-refractivity contribution in [1.82, 2.24) is 10.2 Å². The lowest BCUT2D eigenvalue weighted by atomic mass is 10.0. The van der Waals surface area contributed by atoms with E-state index in [2.05, 4.69) is 42.3 Å². The zero-order valence-electron chi connectivity index (χ0n) is 12.7. The molecule has 2 aliphatic heterocycles. The Hall–Kier alpha value is -1.06. The average Bonchev–Trinajstić information content (AvgIpc) is 2.48. The quantitative estimate of drug-likeness (QED) is 0.917. The molecular weight excluding hydrogens is 248 g/mol. The fourth-order valence-corrected chi connectivity index (χ4v) is 3.23. The van der Waals surface area contributed by atoms with Crippen molar-refractivity contribution in [3.63, 3.8) is 0 Å². The SMILES string of the molecule is CC(C)N1CCC(Oc2ccc3c(c2)CCNC3)CC1. The molecule has 1 saturated heterocycles. The first-order valence-electron chi connectivity index (χ1n) is 7.95. The Morgan fingerprint density at radius 1 is 1.20 bits per heavy atom. The van der Waals surface area contributed by atoms with Crippen LogP contribution in [0.25, 0.3) is 0 Å². The molecule has 0 amide bonds. The lowest BCUT2D eigenvalue weighted by Gasteiger charge is -2.34. The topological polar surface area (TPSA) is 24.5 Å². The van der Waals surface area contributed by atoms with Gasteiger partial charge in [-0.05, 0) is 62.9 Å². The lowest BCUT2D eigenvalue weighted by molar-refractivity contribution is 0.0842. The van der Waals surface area contributed by atoms with Crippen LogP contribution >= 0.6 is 0 Å². The number of fused-ring (bicyclic) bond motifs is 1. The highest BCUT2D eigenvalue weighted by atomic mass is 16.5. The number of piperidine rings is 1. The van der Waals surface area contributed by atoms with E-state index in [4.69, 9.17) is 4.74 Å². The van der Waals surface area contributed by atoms with Crippen molar-refractivity contribution in [1.29, 1.82) is 0 Å². The van der Waals surface area contributed by atoms with Crippen LogP contribution in [0.4, 0.5) is 0 Å². The molecule has 0 bridgehead atoms. The number of nitrogens with zero attached hydrogens (tertiary/aromatic N) is 1. The molecule has 20 heavy (non-hydrogen) atoms. The molecule has 0 radical (unpaired) electrons. The molecule has 1 fully saturated rings. The number of rotatable bonds is 3. The van der Waals surface area contributed by atoms with E-state index in [0.29, 0.717) is 12.1 Å². The van der Waals surface area contributed by atoms with E-state index in [9.17, 15) is 0 Å². The number of hydrogen-bond acceptors (Lipinski definition) is 3. The van der Waals surface area contributed by atoms with E-state index >= 15 is 0 Å². The molecule has 0 aromatic heterocycles. The Bertz CT molecular complexity index is 450. The third-order valence-corrected chi connectivity index (χ3v) is 4.57.